The van der Waals surface area contributed by atoms with Crippen LogP contribution in [0.15, 0.2) is 34.8 Å². The fourth-order valence-electron chi connectivity index (χ4n) is 3.63. The lowest BCUT2D eigenvalue weighted by Crippen LogP contribution is -2.38. The van der Waals surface area contributed by atoms with E-state index in [0.717, 1.165) is 10.0 Å². The van der Waals surface area contributed by atoms with Crippen LogP contribution in [-0.2, 0) is 14.3 Å². The maximum Gasteiger partial charge on any atom is 0.241 e. The molecule has 0 spiro atoms. The van der Waals surface area contributed by atoms with Crippen molar-refractivity contribution in [2.75, 3.05) is 4.90 Å². The van der Waals surface area contributed by atoms with Gasteiger partial charge in [-0.1, -0.05) is 34.1 Å². The maximum absolute atomic E-state index is 12.8. The summed E-state index contributed by atoms with van der Waals surface area (Å²) in [6, 6.07) is 5.54. The Bertz CT molecular complexity index is 713. The first-order chi connectivity index (χ1) is 9.92. The Morgan fingerprint density at radius 1 is 1.29 bits per heavy atom. The number of carbonyl (C=O) groups is 2. The zero-order chi connectivity index (χ0) is 14.9. The largest absolute Gasteiger partial charge is 0.362 e. The van der Waals surface area contributed by atoms with E-state index in [1.807, 2.05) is 44.2 Å². The number of imide groups is 1. The Kier molecular flexibility index (Phi) is 2.55. The number of rotatable bonds is 1. The standard InChI is InChI=1S/C16H14BrNO3/c1-8-3-4-9(7-10(8)17)18-14(19)12-11-5-6-16(2,21-11)13(12)15(18)20/h3-7,11-13H,1-2H3/t11-,12+,13+,16+/m1/s1. The zero-order valence-corrected chi connectivity index (χ0v) is 13.3. The monoisotopic (exact) mass is 347 g/mol. The molecule has 5 heteroatoms. The summed E-state index contributed by atoms with van der Waals surface area (Å²) in [5, 5.41) is 0. The summed E-state index contributed by atoms with van der Waals surface area (Å²) in [6.45, 7) is 3.85. The van der Waals surface area contributed by atoms with Gasteiger partial charge in [0.15, 0.2) is 0 Å². The molecule has 4 rings (SSSR count). The van der Waals surface area contributed by atoms with Crippen LogP contribution >= 0.6 is 15.9 Å². The Balaban J connectivity index is 1.78. The van der Waals surface area contributed by atoms with Gasteiger partial charge in [-0.05, 0) is 31.5 Å². The molecule has 2 bridgehead atoms. The molecule has 2 amide bonds. The van der Waals surface area contributed by atoms with E-state index in [2.05, 4.69) is 15.9 Å². The Morgan fingerprint density at radius 3 is 2.71 bits per heavy atom. The van der Waals surface area contributed by atoms with Gasteiger partial charge in [-0.2, -0.15) is 0 Å². The SMILES string of the molecule is Cc1ccc(N2C(=O)[C@@H]3[C@@H](C2=O)[C@]2(C)C=C[C@H]3O2)cc1Br. The van der Waals surface area contributed by atoms with Crippen LogP contribution in [0.5, 0.6) is 0 Å². The van der Waals surface area contributed by atoms with Gasteiger partial charge >= 0.3 is 0 Å². The van der Waals surface area contributed by atoms with Gasteiger partial charge in [0.25, 0.3) is 0 Å². The van der Waals surface area contributed by atoms with Crippen molar-refractivity contribution in [2.24, 2.45) is 11.8 Å². The third kappa shape index (κ3) is 1.59. The second-order valence-electron chi connectivity index (χ2n) is 6.07. The number of nitrogens with zero attached hydrogens (tertiary/aromatic N) is 1. The highest BCUT2D eigenvalue weighted by Gasteiger charge is 2.66. The van der Waals surface area contributed by atoms with Crippen LogP contribution in [0.3, 0.4) is 0 Å². The summed E-state index contributed by atoms with van der Waals surface area (Å²) in [6.07, 6.45) is 3.55. The van der Waals surface area contributed by atoms with Crippen LogP contribution in [0.25, 0.3) is 0 Å². The van der Waals surface area contributed by atoms with Crippen molar-refractivity contribution >= 4 is 33.4 Å². The molecule has 0 unspecified atom stereocenters. The molecule has 0 radical (unpaired) electrons. The molecule has 108 valence electrons. The van der Waals surface area contributed by atoms with Crippen LogP contribution < -0.4 is 4.90 Å². The average molecular weight is 348 g/mol. The van der Waals surface area contributed by atoms with Crippen molar-refractivity contribution in [3.63, 3.8) is 0 Å². The summed E-state index contributed by atoms with van der Waals surface area (Å²) in [5.41, 5.74) is 1.05. The van der Waals surface area contributed by atoms with E-state index in [-0.39, 0.29) is 23.8 Å². The smallest absolute Gasteiger partial charge is 0.241 e. The van der Waals surface area contributed by atoms with Crippen LogP contribution in [0.4, 0.5) is 5.69 Å². The first-order valence-electron chi connectivity index (χ1n) is 6.93. The van der Waals surface area contributed by atoms with Crippen molar-refractivity contribution in [1.82, 2.24) is 0 Å². The normalized spacial score (nSPS) is 36.7. The molecule has 4 atom stereocenters. The lowest BCUT2D eigenvalue weighted by Gasteiger charge is -2.24. The minimum absolute atomic E-state index is 0.154. The van der Waals surface area contributed by atoms with E-state index in [9.17, 15) is 9.59 Å². The minimum atomic E-state index is -0.640. The second kappa shape index (κ2) is 4.05. The minimum Gasteiger partial charge on any atom is -0.362 e. The summed E-state index contributed by atoms with van der Waals surface area (Å²) in [7, 11) is 0. The fourth-order valence-corrected chi connectivity index (χ4v) is 3.99. The van der Waals surface area contributed by atoms with Crippen molar-refractivity contribution in [2.45, 2.75) is 25.6 Å². The van der Waals surface area contributed by atoms with Crippen molar-refractivity contribution in [1.29, 1.82) is 0 Å². The number of amides is 2. The highest BCUT2D eigenvalue weighted by Crippen LogP contribution is 2.52. The molecule has 2 saturated heterocycles. The fraction of sp³-hybridized carbons (Fsp3) is 0.375. The average Bonchev–Trinajstić information content (AvgIpc) is 3.03. The number of ether oxygens (including phenoxy) is 1. The topological polar surface area (TPSA) is 46.6 Å². The van der Waals surface area contributed by atoms with Crippen molar-refractivity contribution in [3.05, 3.63) is 40.4 Å². The third-order valence-corrected chi connectivity index (χ3v) is 5.60. The number of halogens is 1. The van der Waals surface area contributed by atoms with Crippen molar-refractivity contribution in [3.8, 4) is 0 Å². The van der Waals surface area contributed by atoms with Gasteiger partial charge in [-0.3, -0.25) is 9.59 Å². The van der Waals surface area contributed by atoms with Crippen LogP contribution in [0.1, 0.15) is 12.5 Å². The molecule has 2 fully saturated rings. The van der Waals surface area contributed by atoms with Crippen molar-refractivity contribution < 1.29 is 14.3 Å². The molecule has 3 aliphatic rings. The molecular formula is C16H14BrNO3. The highest BCUT2D eigenvalue weighted by atomic mass is 79.9. The van der Waals surface area contributed by atoms with Gasteiger partial charge in [-0.15, -0.1) is 0 Å². The molecule has 4 nitrogen and oxygen atoms in total. The molecule has 1 aromatic carbocycles. The first kappa shape index (κ1) is 13.2. The van der Waals surface area contributed by atoms with E-state index < -0.39 is 11.5 Å². The summed E-state index contributed by atoms with van der Waals surface area (Å²) < 4.78 is 6.70. The quantitative estimate of drug-likeness (QED) is 0.579. The van der Waals surface area contributed by atoms with Crippen LogP contribution in [-0.4, -0.2) is 23.5 Å². The lowest BCUT2D eigenvalue weighted by atomic mass is 9.78. The molecular weight excluding hydrogens is 334 g/mol. The molecule has 1 aromatic rings. The number of fused-ring (bicyclic) bond motifs is 5. The Hall–Kier alpha value is -1.46. The van der Waals surface area contributed by atoms with Gasteiger partial charge in [0.2, 0.25) is 11.8 Å². The molecule has 21 heavy (non-hydrogen) atoms. The van der Waals surface area contributed by atoms with Gasteiger partial charge in [-0.25, -0.2) is 4.90 Å². The number of carbonyl (C=O) groups excluding carboxylic acids is 2. The second-order valence-corrected chi connectivity index (χ2v) is 6.93. The molecule has 0 aliphatic carbocycles. The Morgan fingerprint density at radius 2 is 2.05 bits per heavy atom. The summed E-state index contributed by atoms with van der Waals surface area (Å²) >= 11 is 3.45. The van der Waals surface area contributed by atoms with Gasteiger partial charge in [0.05, 0.1) is 29.2 Å². The van der Waals surface area contributed by atoms with E-state index in [1.165, 1.54) is 4.90 Å². The number of benzene rings is 1. The van der Waals surface area contributed by atoms with E-state index in [4.69, 9.17) is 4.74 Å². The van der Waals surface area contributed by atoms with E-state index in [0.29, 0.717) is 5.69 Å². The molecule has 3 aliphatic heterocycles. The summed E-state index contributed by atoms with van der Waals surface area (Å²) in [5.74, 6) is -1.10. The summed E-state index contributed by atoms with van der Waals surface area (Å²) in [4.78, 5) is 26.8. The molecule has 3 heterocycles. The third-order valence-electron chi connectivity index (χ3n) is 4.74. The van der Waals surface area contributed by atoms with E-state index in [1.54, 1.807) is 0 Å². The Labute approximate surface area is 130 Å². The molecule has 0 N–H and O–H groups in total. The predicted molar refractivity (Wildman–Crippen MR) is 80.8 cm³/mol. The molecule has 0 aromatic heterocycles. The van der Waals surface area contributed by atoms with Crippen LogP contribution in [0, 0.1) is 18.8 Å². The van der Waals surface area contributed by atoms with E-state index >= 15 is 0 Å². The number of aryl methyl sites for hydroxylation is 1. The maximum atomic E-state index is 12.8. The van der Waals surface area contributed by atoms with Gasteiger partial charge in [0.1, 0.15) is 0 Å². The molecule has 0 saturated carbocycles. The highest BCUT2D eigenvalue weighted by molar-refractivity contribution is 9.10. The number of hydrogen-bond donors (Lipinski definition) is 0. The van der Waals surface area contributed by atoms with Gasteiger partial charge in [0, 0.05) is 4.47 Å². The predicted octanol–water partition coefficient (Wildman–Crippen LogP) is 2.59. The first-order valence-corrected chi connectivity index (χ1v) is 7.73. The van der Waals surface area contributed by atoms with Gasteiger partial charge < -0.3 is 4.74 Å². The number of hydrogen-bond acceptors (Lipinski definition) is 3. The zero-order valence-electron chi connectivity index (χ0n) is 11.7. The van der Waals surface area contributed by atoms with Crippen LogP contribution in [0.2, 0.25) is 0 Å². The lowest BCUT2D eigenvalue weighted by molar-refractivity contribution is -0.126. The number of anilines is 1.